The Morgan fingerprint density at radius 3 is 2.57 bits per heavy atom. The van der Waals surface area contributed by atoms with Crippen LogP contribution in [0.15, 0.2) is 6.20 Å². The van der Waals surface area contributed by atoms with Gasteiger partial charge >= 0.3 is 5.97 Å². The molecule has 14 heavy (non-hydrogen) atoms. The average molecular weight is 196 g/mol. The molecule has 4 nitrogen and oxygen atoms in total. The number of imidazole rings is 1. The van der Waals surface area contributed by atoms with Gasteiger partial charge in [0.2, 0.25) is 0 Å². The Balaban J connectivity index is 3.03. The Hall–Kier alpha value is -1.32. The summed E-state index contributed by atoms with van der Waals surface area (Å²) in [5, 5.41) is 8.78. The number of carboxylic acids is 1. The van der Waals surface area contributed by atoms with Crippen LogP contribution in [0.4, 0.5) is 0 Å². The highest BCUT2D eigenvalue weighted by atomic mass is 16.4. The van der Waals surface area contributed by atoms with Gasteiger partial charge in [0.15, 0.2) is 0 Å². The van der Waals surface area contributed by atoms with Crippen LogP contribution in [0.2, 0.25) is 0 Å². The van der Waals surface area contributed by atoms with Gasteiger partial charge in [-0.05, 0) is 6.92 Å². The summed E-state index contributed by atoms with van der Waals surface area (Å²) in [7, 11) is 1.90. The maximum absolute atomic E-state index is 10.7. The molecular formula is C10H16N2O2. The Labute approximate surface area is 83.6 Å². The summed E-state index contributed by atoms with van der Waals surface area (Å²) in [5.74, 6) is 0.118. The average Bonchev–Trinajstić information content (AvgIpc) is 2.30. The quantitative estimate of drug-likeness (QED) is 0.796. The van der Waals surface area contributed by atoms with Crippen LogP contribution in [0.5, 0.6) is 0 Å². The molecule has 0 radical (unpaired) electrons. The van der Waals surface area contributed by atoms with E-state index in [1.807, 2.05) is 32.4 Å². The van der Waals surface area contributed by atoms with Crippen LogP contribution in [0.25, 0.3) is 0 Å². The predicted molar refractivity (Wildman–Crippen MR) is 53.2 cm³/mol. The minimum absolute atomic E-state index is 0.117. The van der Waals surface area contributed by atoms with Crippen molar-refractivity contribution in [2.75, 3.05) is 0 Å². The van der Waals surface area contributed by atoms with Crippen molar-refractivity contribution in [1.82, 2.24) is 9.55 Å². The zero-order chi connectivity index (χ0) is 10.9. The van der Waals surface area contributed by atoms with Gasteiger partial charge in [0.05, 0.1) is 6.42 Å². The second kappa shape index (κ2) is 3.44. The first-order valence-electron chi connectivity index (χ1n) is 4.55. The van der Waals surface area contributed by atoms with E-state index in [1.54, 1.807) is 6.20 Å². The summed E-state index contributed by atoms with van der Waals surface area (Å²) in [4.78, 5) is 14.8. The highest BCUT2D eigenvalue weighted by Gasteiger charge is 2.27. The molecule has 0 saturated carbocycles. The van der Waals surface area contributed by atoms with Gasteiger partial charge in [-0.25, -0.2) is 4.98 Å². The zero-order valence-electron chi connectivity index (χ0n) is 9.03. The van der Waals surface area contributed by atoms with Gasteiger partial charge in [-0.1, -0.05) is 13.8 Å². The van der Waals surface area contributed by atoms with Gasteiger partial charge in [-0.2, -0.15) is 0 Å². The van der Waals surface area contributed by atoms with E-state index >= 15 is 0 Å². The van der Waals surface area contributed by atoms with E-state index in [1.165, 1.54) is 0 Å². The molecule has 0 bridgehead atoms. The van der Waals surface area contributed by atoms with Gasteiger partial charge in [-0.3, -0.25) is 4.79 Å². The molecule has 0 spiro atoms. The van der Waals surface area contributed by atoms with Crippen LogP contribution in [-0.4, -0.2) is 20.6 Å². The highest BCUT2D eigenvalue weighted by Crippen LogP contribution is 2.26. The molecule has 1 N–H and O–H groups in total. The molecule has 1 aromatic rings. The van der Waals surface area contributed by atoms with E-state index in [0.717, 1.165) is 11.5 Å². The van der Waals surface area contributed by atoms with Crippen LogP contribution in [-0.2, 0) is 17.3 Å². The predicted octanol–water partition coefficient (Wildman–Crippen LogP) is 1.48. The molecule has 0 fully saturated rings. The molecule has 1 rings (SSSR count). The summed E-state index contributed by atoms with van der Waals surface area (Å²) in [6, 6.07) is 0. The van der Waals surface area contributed by atoms with Crippen molar-refractivity contribution in [1.29, 1.82) is 0 Å². The van der Waals surface area contributed by atoms with Crippen LogP contribution < -0.4 is 0 Å². The van der Waals surface area contributed by atoms with Gasteiger partial charge in [-0.15, -0.1) is 0 Å². The molecule has 0 unspecified atom stereocenters. The summed E-state index contributed by atoms with van der Waals surface area (Å²) in [6.45, 7) is 5.73. The van der Waals surface area contributed by atoms with Crippen molar-refractivity contribution in [2.24, 2.45) is 7.05 Å². The fourth-order valence-corrected chi connectivity index (χ4v) is 1.60. The van der Waals surface area contributed by atoms with Crippen molar-refractivity contribution in [2.45, 2.75) is 32.6 Å². The molecule has 0 aliphatic heterocycles. The van der Waals surface area contributed by atoms with Crippen LogP contribution in [0.3, 0.4) is 0 Å². The number of hydrogen-bond acceptors (Lipinski definition) is 2. The second-order valence-corrected chi connectivity index (χ2v) is 4.20. The van der Waals surface area contributed by atoms with Crippen molar-refractivity contribution >= 4 is 5.97 Å². The summed E-state index contributed by atoms with van der Waals surface area (Å²) in [6.07, 6.45) is 1.87. The Bertz CT molecular complexity index is 353. The third-order valence-electron chi connectivity index (χ3n) is 2.51. The number of nitrogens with zero attached hydrogens (tertiary/aromatic N) is 2. The fourth-order valence-electron chi connectivity index (χ4n) is 1.60. The molecule has 0 amide bonds. The molecule has 1 aromatic heterocycles. The molecule has 0 atom stereocenters. The third kappa shape index (κ3) is 1.95. The number of rotatable bonds is 3. The third-order valence-corrected chi connectivity index (χ3v) is 2.51. The molecule has 0 aromatic carbocycles. The van der Waals surface area contributed by atoms with Crippen molar-refractivity contribution in [3.05, 3.63) is 17.7 Å². The number of aryl methyl sites for hydroxylation is 1. The van der Waals surface area contributed by atoms with Crippen LogP contribution in [0, 0.1) is 6.92 Å². The van der Waals surface area contributed by atoms with Gasteiger partial charge in [0.25, 0.3) is 0 Å². The first kappa shape index (κ1) is 10.8. The SMILES string of the molecule is Cc1ncc(C(C)(C)CC(=O)O)n1C. The first-order valence-corrected chi connectivity index (χ1v) is 4.55. The molecular weight excluding hydrogens is 180 g/mol. The number of carboxylic acid groups (broad SMARTS) is 1. The van der Waals surface area contributed by atoms with Crippen molar-refractivity contribution in [3.8, 4) is 0 Å². The van der Waals surface area contributed by atoms with Crippen LogP contribution in [0.1, 0.15) is 31.8 Å². The number of carbonyl (C=O) groups is 1. The summed E-state index contributed by atoms with van der Waals surface area (Å²) < 4.78 is 1.93. The van der Waals surface area contributed by atoms with E-state index in [0.29, 0.717) is 0 Å². The van der Waals surface area contributed by atoms with E-state index in [4.69, 9.17) is 5.11 Å². The molecule has 0 saturated heterocycles. The Morgan fingerprint density at radius 1 is 1.64 bits per heavy atom. The van der Waals surface area contributed by atoms with Crippen molar-refractivity contribution in [3.63, 3.8) is 0 Å². The Morgan fingerprint density at radius 2 is 2.21 bits per heavy atom. The van der Waals surface area contributed by atoms with Gasteiger partial charge in [0, 0.05) is 24.4 Å². The topological polar surface area (TPSA) is 55.1 Å². The van der Waals surface area contributed by atoms with Gasteiger partial charge < -0.3 is 9.67 Å². The summed E-state index contributed by atoms with van der Waals surface area (Å²) in [5.41, 5.74) is 0.583. The monoisotopic (exact) mass is 196 g/mol. The van der Waals surface area contributed by atoms with E-state index in [2.05, 4.69) is 4.98 Å². The molecule has 4 heteroatoms. The zero-order valence-corrected chi connectivity index (χ0v) is 9.03. The summed E-state index contributed by atoms with van der Waals surface area (Å²) >= 11 is 0. The standard InChI is InChI=1S/C10H16N2O2/c1-7-11-6-8(12(7)4)10(2,3)5-9(13)14/h6H,5H2,1-4H3,(H,13,14). The number of aliphatic carboxylic acids is 1. The van der Waals surface area contributed by atoms with Gasteiger partial charge in [0.1, 0.15) is 5.82 Å². The maximum Gasteiger partial charge on any atom is 0.304 e. The van der Waals surface area contributed by atoms with E-state index in [-0.39, 0.29) is 11.8 Å². The Kier molecular flexibility index (Phi) is 2.64. The lowest BCUT2D eigenvalue weighted by atomic mass is 9.86. The fraction of sp³-hybridized carbons (Fsp3) is 0.600. The number of hydrogen-bond donors (Lipinski definition) is 1. The second-order valence-electron chi connectivity index (χ2n) is 4.20. The molecule has 1 heterocycles. The van der Waals surface area contributed by atoms with Crippen LogP contribution >= 0.6 is 0 Å². The highest BCUT2D eigenvalue weighted by molar-refractivity contribution is 5.68. The lowest BCUT2D eigenvalue weighted by molar-refractivity contribution is -0.138. The van der Waals surface area contributed by atoms with E-state index in [9.17, 15) is 4.79 Å². The smallest absolute Gasteiger partial charge is 0.304 e. The lowest BCUT2D eigenvalue weighted by Gasteiger charge is -2.22. The minimum Gasteiger partial charge on any atom is -0.481 e. The van der Waals surface area contributed by atoms with E-state index < -0.39 is 5.97 Å². The lowest BCUT2D eigenvalue weighted by Crippen LogP contribution is -2.24. The first-order chi connectivity index (χ1) is 6.34. The van der Waals surface area contributed by atoms with Crippen molar-refractivity contribution < 1.29 is 9.90 Å². The number of aromatic nitrogens is 2. The molecule has 0 aliphatic rings. The molecule has 0 aliphatic carbocycles. The maximum atomic E-state index is 10.7. The minimum atomic E-state index is -0.783. The normalized spacial score (nSPS) is 11.7. The molecule has 78 valence electrons. The largest absolute Gasteiger partial charge is 0.481 e.